The lowest BCUT2D eigenvalue weighted by molar-refractivity contribution is -0.117. The standard InChI is InChI=1S/C23H24N2OS/c1-16-8-9-20(17(2)14-16)24-22(26)15-25-12-10-21-19(11-13-27-21)23(25)18-6-4-3-5-7-18/h3-9,11,13-14,23H,10,12,15H2,1-2H3,(H,24,26). The molecule has 3 aromatic rings. The molecule has 0 fully saturated rings. The fourth-order valence-electron chi connectivity index (χ4n) is 3.89. The number of hydrogen-bond donors (Lipinski definition) is 1. The van der Waals surface area contributed by atoms with Crippen LogP contribution in [0.5, 0.6) is 0 Å². The van der Waals surface area contributed by atoms with Crippen LogP contribution in [0.2, 0.25) is 0 Å². The maximum absolute atomic E-state index is 12.8. The molecule has 3 nitrogen and oxygen atoms in total. The number of thiophene rings is 1. The fourth-order valence-corrected chi connectivity index (χ4v) is 4.80. The average Bonchev–Trinajstić information content (AvgIpc) is 3.13. The summed E-state index contributed by atoms with van der Waals surface area (Å²) < 4.78 is 0. The molecule has 0 spiro atoms. The van der Waals surface area contributed by atoms with Crippen molar-refractivity contribution in [3.05, 3.63) is 87.1 Å². The lowest BCUT2D eigenvalue weighted by Crippen LogP contribution is -2.40. The van der Waals surface area contributed by atoms with Gasteiger partial charge in [-0.1, -0.05) is 48.0 Å². The number of hydrogen-bond acceptors (Lipinski definition) is 3. The third-order valence-corrected chi connectivity index (χ3v) is 6.18. The summed E-state index contributed by atoms with van der Waals surface area (Å²) in [4.78, 5) is 16.5. The zero-order valence-corrected chi connectivity index (χ0v) is 16.6. The molecule has 0 bridgehead atoms. The van der Waals surface area contributed by atoms with E-state index in [4.69, 9.17) is 0 Å². The first-order valence-corrected chi connectivity index (χ1v) is 10.2. The summed E-state index contributed by atoms with van der Waals surface area (Å²) in [6.07, 6.45) is 1.01. The zero-order valence-electron chi connectivity index (χ0n) is 15.7. The van der Waals surface area contributed by atoms with Crippen LogP contribution in [0.3, 0.4) is 0 Å². The van der Waals surface area contributed by atoms with Gasteiger partial charge in [-0.3, -0.25) is 9.69 Å². The Bertz CT molecular complexity index is 948. The highest BCUT2D eigenvalue weighted by molar-refractivity contribution is 7.10. The summed E-state index contributed by atoms with van der Waals surface area (Å²) in [7, 11) is 0. The van der Waals surface area contributed by atoms with Gasteiger partial charge in [-0.25, -0.2) is 0 Å². The van der Waals surface area contributed by atoms with Crippen molar-refractivity contribution in [3.8, 4) is 0 Å². The highest BCUT2D eigenvalue weighted by Gasteiger charge is 2.30. The van der Waals surface area contributed by atoms with Gasteiger partial charge in [0.25, 0.3) is 0 Å². The van der Waals surface area contributed by atoms with Gasteiger partial charge < -0.3 is 5.32 Å². The number of benzene rings is 2. The van der Waals surface area contributed by atoms with Gasteiger partial charge in [0.15, 0.2) is 0 Å². The van der Waals surface area contributed by atoms with Crippen LogP contribution >= 0.6 is 11.3 Å². The molecular weight excluding hydrogens is 352 g/mol. The Morgan fingerprint density at radius 3 is 2.74 bits per heavy atom. The predicted octanol–water partition coefficient (Wildman–Crippen LogP) is 4.95. The van der Waals surface area contributed by atoms with Gasteiger partial charge >= 0.3 is 0 Å². The molecule has 0 saturated heterocycles. The predicted molar refractivity (Wildman–Crippen MR) is 112 cm³/mol. The molecule has 1 amide bonds. The number of amides is 1. The van der Waals surface area contributed by atoms with Crippen LogP contribution in [0.25, 0.3) is 0 Å². The smallest absolute Gasteiger partial charge is 0.238 e. The number of rotatable bonds is 4. The molecule has 138 valence electrons. The van der Waals surface area contributed by atoms with Gasteiger partial charge in [0.05, 0.1) is 12.6 Å². The molecule has 1 aromatic heterocycles. The van der Waals surface area contributed by atoms with E-state index in [0.717, 1.165) is 24.2 Å². The Labute approximate surface area is 164 Å². The molecule has 4 heteroatoms. The summed E-state index contributed by atoms with van der Waals surface area (Å²) in [5, 5.41) is 5.26. The summed E-state index contributed by atoms with van der Waals surface area (Å²) in [5.74, 6) is 0.0431. The molecule has 4 rings (SSSR count). The monoisotopic (exact) mass is 376 g/mol. The first-order valence-electron chi connectivity index (χ1n) is 9.34. The van der Waals surface area contributed by atoms with Crippen LogP contribution in [-0.2, 0) is 11.2 Å². The van der Waals surface area contributed by atoms with E-state index in [9.17, 15) is 4.79 Å². The van der Waals surface area contributed by atoms with Gasteiger partial charge in [-0.05, 0) is 54.5 Å². The number of carbonyl (C=O) groups is 1. The van der Waals surface area contributed by atoms with Gasteiger partial charge in [0.2, 0.25) is 5.91 Å². The number of aryl methyl sites for hydroxylation is 2. The molecule has 0 aliphatic carbocycles. The SMILES string of the molecule is Cc1ccc(NC(=O)CN2CCc3sccc3C2c2ccccc2)c(C)c1. The summed E-state index contributed by atoms with van der Waals surface area (Å²) in [6.45, 7) is 5.39. The maximum Gasteiger partial charge on any atom is 0.238 e. The molecule has 1 N–H and O–H groups in total. The van der Waals surface area contributed by atoms with Gasteiger partial charge in [0.1, 0.15) is 0 Å². The highest BCUT2D eigenvalue weighted by Crippen LogP contribution is 2.37. The van der Waals surface area contributed by atoms with Crippen LogP contribution < -0.4 is 5.32 Å². The Morgan fingerprint density at radius 2 is 1.96 bits per heavy atom. The van der Waals surface area contributed by atoms with E-state index in [2.05, 4.69) is 58.9 Å². The molecular formula is C23H24N2OS. The second kappa shape index (κ2) is 7.67. The minimum absolute atomic E-state index is 0.0431. The molecule has 1 unspecified atom stereocenters. The lowest BCUT2D eigenvalue weighted by Gasteiger charge is -2.35. The topological polar surface area (TPSA) is 32.3 Å². The molecule has 2 heterocycles. The molecule has 1 aliphatic heterocycles. The number of nitrogens with one attached hydrogen (secondary N) is 1. The average molecular weight is 377 g/mol. The van der Waals surface area contributed by atoms with Crippen LogP contribution in [0, 0.1) is 13.8 Å². The lowest BCUT2D eigenvalue weighted by atomic mass is 9.93. The van der Waals surface area contributed by atoms with Gasteiger partial charge in [-0.15, -0.1) is 11.3 Å². The Morgan fingerprint density at radius 1 is 1.15 bits per heavy atom. The largest absolute Gasteiger partial charge is 0.325 e. The van der Waals surface area contributed by atoms with Gasteiger partial charge in [0, 0.05) is 17.1 Å². The van der Waals surface area contributed by atoms with E-state index in [1.807, 2.05) is 36.5 Å². The van der Waals surface area contributed by atoms with Gasteiger partial charge in [-0.2, -0.15) is 0 Å². The summed E-state index contributed by atoms with van der Waals surface area (Å²) in [6, 6.07) is 19.0. The Hall–Kier alpha value is -2.43. The third-order valence-electron chi connectivity index (χ3n) is 5.18. The minimum Gasteiger partial charge on any atom is -0.325 e. The Balaban J connectivity index is 1.56. The number of carbonyl (C=O) groups excluding carboxylic acids is 1. The van der Waals surface area contributed by atoms with Crippen molar-refractivity contribution in [2.75, 3.05) is 18.4 Å². The third kappa shape index (κ3) is 3.82. The van der Waals surface area contributed by atoms with E-state index in [1.54, 1.807) is 0 Å². The zero-order chi connectivity index (χ0) is 18.8. The molecule has 27 heavy (non-hydrogen) atoms. The number of nitrogens with zero attached hydrogens (tertiary/aromatic N) is 1. The maximum atomic E-state index is 12.8. The summed E-state index contributed by atoms with van der Waals surface area (Å²) >= 11 is 1.82. The Kier molecular flexibility index (Phi) is 5.10. The second-order valence-corrected chi connectivity index (χ2v) is 8.20. The van der Waals surface area contributed by atoms with E-state index < -0.39 is 0 Å². The molecule has 2 aromatic carbocycles. The van der Waals surface area contributed by atoms with E-state index in [0.29, 0.717) is 6.54 Å². The fraction of sp³-hybridized carbons (Fsp3) is 0.261. The number of anilines is 1. The molecule has 1 aliphatic rings. The number of fused-ring (bicyclic) bond motifs is 1. The molecule has 0 saturated carbocycles. The highest BCUT2D eigenvalue weighted by atomic mass is 32.1. The van der Waals surface area contributed by atoms with Crippen molar-refractivity contribution in [1.29, 1.82) is 0 Å². The van der Waals surface area contributed by atoms with Crippen molar-refractivity contribution in [2.24, 2.45) is 0 Å². The van der Waals surface area contributed by atoms with Crippen LogP contribution in [0.1, 0.15) is 33.2 Å². The van der Waals surface area contributed by atoms with Crippen molar-refractivity contribution in [3.63, 3.8) is 0 Å². The normalized spacial score (nSPS) is 16.7. The van der Waals surface area contributed by atoms with Crippen LogP contribution in [0.4, 0.5) is 5.69 Å². The minimum atomic E-state index is 0.0431. The van der Waals surface area contributed by atoms with Crippen molar-refractivity contribution >= 4 is 22.9 Å². The van der Waals surface area contributed by atoms with E-state index in [1.165, 1.54) is 21.6 Å². The van der Waals surface area contributed by atoms with Crippen LogP contribution in [0.15, 0.2) is 60.0 Å². The van der Waals surface area contributed by atoms with E-state index in [-0.39, 0.29) is 11.9 Å². The summed E-state index contributed by atoms with van der Waals surface area (Å²) in [5.41, 5.74) is 5.79. The van der Waals surface area contributed by atoms with Crippen molar-refractivity contribution in [2.45, 2.75) is 26.3 Å². The quantitative estimate of drug-likeness (QED) is 0.699. The molecule has 1 atom stereocenters. The molecule has 0 radical (unpaired) electrons. The first kappa shape index (κ1) is 18.0. The first-order chi connectivity index (χ1) is 13.1. The van der Waals surface area contributed by atoms with Crippen molar-refractivity contribution in [1.82, 2.24) is 4.90 Å². The van der Waals surface area contributed by atoms with Crippen LogP contribution in [-0.4, -0.2) is 23.9 Å². The second-order valence-electron chi connectivity index (χ2n) is 7.20. The van der Waals surface area contributed by atoms with E-state index >= 15 is 0 Å². The van der Waals surface area contributed by atoms with Crippen molar-refractivity contribution < 1.29 is 4.79 Å².